The lowest BCUT2D eigenvalue weighted by molar-refractivity contribution is 0.0538. The van der Waals surface area contributed by atoms with E-state index in [0.717, 1.165) is 12.1 Å². The smallest absolute Gasteiger partial charge is 0.357 e. The van der Waals surface area contributed by atoms with Crippen molar-refractivity contribution in [3.63, 3.8) is 0 Å². The number of hydrogen-bond donors (Lipinski definition) is 1. The third-order valence-electron chi connectivity index (χ3n) is 4.26. The number of nitrogens with one attached hydrogen (secondary N) is 1. The van der Waals surface area contributed by atoms with Gasteiger partial charge in [0.2, 0.25) is 5.78 Å². The quantitative estimate of drug-likeness (QED) is 0.297. The summed E-state index contributed by atoms with van der Waals surface area (Å²) in [4.78, 5) is 69.1. The number of aromatic nitrogens is 2. The molecule has 3 rings (SSSR count). The minimum Gasteiger partial charge on any atom is -0.449 e. The first-order valence-electron chi connectivity index (χ1n) is 9.03. The second-order valence-corrected chi connectivity index (χ2v) is 6.25. The predicted octanol–water partition coefficient (Wildman–Crippen LogP) is 0.826. The van der Waals surface area contributed by atoms with Crippen molar-refractivity contribution in [1.29, 1.82) is 0 Å². The van der Waals surface area contributed by atoms with Crippen molar-refractivity contribution >= 4 is 29.5 Å². The molecule has 0 saturated heterocycles. The summed E-state index contributed by atoms with van der Waals surface area (Å²) in [6.45, 7) is -1.15. The number of Topliss-reactive ketones (excluding diaryl/α,β-unsaturated/α-hetero) is 2. The fraction of sp³-hybridized carbons (Fsp3) is 0.130. The van der Waals surface area contributed by atoms with E-state index in [1.54, 1.807) is 0 Å². The number of carbonyl (C=O) groups is 5. The maximum atomic E-state index is 12.8. The minimum absolute atomic E-state index is 0.0778. The third kappa shape index (κ3) is 4.20. The zero-order valence-corrected chi connectivity index (χ0v) is 16.7. The molecule has 0 aromatic carbocycles. The van der Waals surface area contributed by atoms with E-state index in [1.165, 1.54) is 0 Å². The molecular formula is C23H12N2O8. The van der Waals surface area contributed by atoms with Crippen LogP contribution in [0.3, 0.4) is 0 Å². The van der Waals surface area contributed by atoms with Crippen molar-refractivity contribution in [3.8, 4) is 48.3 Å². The molecule has 0 radical (unpaired) electrons. The summed E-state index contributed by atoms with van der Waals surface area (Å²) in [6.07, 6.45) is 15.2. The van der Waals surface area contributed by atoms with Crippen LogP contribution in [0.4, 0.5) is 0 Å². The lowest BCUT2D eigenvalue weighted by Crippen LogP contribution is -2.26. The highest BCUT2D eigenvalue weighted by Crippen LogP contribution is 2.36. The molecule has 2 aromatic rings. The number of carbonyl (C=O) groups excluding carboxylic acids is 5. The van der Waals surface area contributed by atoms with Crippen LogP contribution in [-0.2, 0) is 14.2 Å². The zero-order valence-electron chi connectivity index (χ0n) is 16.7. The average molecular weight is 444 g/mol. The first-order chi connectivity index (χ1) is 15.8. The van der Waals surface area contributed by atoms with E-state index in [2.05, 4.69) is 27.7 Å². The number of pyridine rings is 1. The van der Waals surface area contributed by atoms with Crippen LogP contribution in [0.25, 0.3) is 11.3 Å². The van der Waals surface area contributed by atoms with Crippen LogP contribution in [0.2, 0.25) is 0 Å². The number of fused-ring (bicyclic) bond motifs is 3. The molecule has 10 heteroatoms. The Balaban J connectivity index is 2.23. The Labute approximate surface area is 186 Å². The topological polar surface area (TPSA) is 142 Å². The summed E-state index contributed by atoms with van der Waals surface area (Å²) in [5.74, 6) is 1.19. The van der Waals surface area contributed by atoms with Gasteiger partial charge in [0.15, 0.2) is 19.8 Å². The van der Waals surface area contributed by atoms with Gasteiger partial charge >= 0.3 is 17.9 Å². The van der Waals surface area contributed by atoms with Crippen molar-refractivity contribution in [2.75, 3.05) is 19.8 Å². The number of ether oxygens (including phenoxy) is 3. The highest BCUT2D eigenvalue weighted by Gasteiger charge is 2.38. The van der Waals surface area contributed by atoms with Crippen molar-refractivity contribution in [2.24, 2.45) is 0 Å². The third-order valence-corrected chi connectivity index (χ3v) is 4.26. The van der Waals surface area contributed by atoms with Gasteiger partial charge in [0.1, 0.15) is 17.1 Å². The van der Waals surface area contributed by atoms with Crippen LogP contribution < -0.4 is 0 Å². The second kappa shape index (κ2) is 9.34. The molecule has 10 nitrogen and oxygen atoms in total. The number of hydrogen-bond acceptors (Lipinski definition) is 9. The van der Waals surface area contributed by atoms with E-state index in [-0.39, 0.29) is 34.7 Å². The number of aromatic amines is 1. The Morgan fingerprint density at radius 2 is 1.42 bits per heavy atom. The fourth-order valence-electron chi connectivity index (χ4n) is 2.95. The van der Waals surface area contributed by atoms with Gasteiger partial charge in [-0.1, -0.05) is 17.8 Å². The molecule has 0 saturated carbocycles. The standard InChI is InChI=1S/C23H12N2O8/c1-4-7-31-21(28)12-10-14(22(29)32-8-5-2)25-18-16(12)17-13(19(26)20(18)27)11-15(24-17)23(30)33-9-6-3/h1-3,10-11,24H,7-9H2. The van der Waals surface area contributed by atoms with E-state index in [1.807, 2.05) is 0 Å². The van der Waals surface area contributed by atoms with Crippen LogP contribution in [0.1, 0.15) is 52.2 Å². The highest BCUT2D eigenvalue weighted by atomic mass is 16.5. The van der Waals surface area contributed by atoms with Crippen LogP contribution in [0, 0.1) is 37.0 Å². The molecule has 0 aliphatic heterocycles. The maximum absolute atomic E-state index is 12.8. The predicted molar refractivity (Wildman–Crippen MR) is 110 cm³/mol. The van der Waals surface area contributed by atoms with Gasteiger partial charge in [-0.2, -0.15) is 0 Å². The first kappa shape index (κ1) is 22.5. The summed E-state index contributed by atoms with van der Waals surface area (Å²) < 4.78 is 14.5. The molecular weight excluding hydrogens is 432 g/mol. The molecule has 1 N–H and O–H groups in total. The fourth-order valence-corrected chi connectivity index (χ4v) is 2.95. The summed E-state index contributed by atoms with van der Waals surface area (Å²) in [5, 5.41) is 0. The van der Waals surface area contributed by atoms with Crippen molar-refractivity contribution in [1.82, 2.24) is 9.97 Å². The molecule has 2 heterocycles. The van der Waals surface area contributed by atoms with Gasteiger partial charge in [-0.25, -0.2) is 19.4 Å². The monoisotopic (exact) mass is 444 g/mol. The Morgan fingerprint density at radius 3 is 2.03 bits per heavy atom. The summed E-state index contributed by atoms with van der Waals surface area (Å²) in [7, 11) is 0. The second-order valence-electron chi connectivity index (χ2n) is 6.25. The molecule has 0 spiro atoms. The van der Waals surface area contributed by atoms with Gasteiger partial charge in [0.25, 0.3) is 5.78 Å². The van der Waals surface area contributed by atoms with Crippen LogP contribution in [0.5, 0.6) is 0 Å². The Bertz CT molecular complexity index is 1340. The number of terminal acetylenes is 3. The van der Waals surface area contributed by atoms with Gasteiger partial charge in [-0.3, -0.25) is 9.59 Å². The van der Waals surface area contributed by atoms with E-state index >= 15 is 0 Å². The van der Waals surface area contributed by atoms with Gasteiger partial charge in [-0.15, -0.1) is 19.3 Å². The summed E-state index contributed by atoms with van der Waals surface area (Å²) >= 11 is 0. The van der Waals surface area contributed by atoms with Gasteiger partial charge < -0.3 is 19.2 Å². The molecule has 33 heavy (non-hydrogen) atoms. The van der Waals surface area contributed by atoms with E-state index in [9.17, 15) is 24.0 Å². The van der Waals surface area contributed by atoms with Crippen molar-refractivity contribution in [3.05, 3.63) is 40.3 Å². The molecule has 2 aromatic heterocycles. The van der Waals surface area contributed by atoms with E-state index < -0.39 is 54.1 Å². The Morgan fingerprint density at radius 1 is 0.848 bits per heavy atom. The normalized spacial score (nSPS) is 11.2. The average Bonchev–Trinajstić information content (AvgIpc) is 3.27. The van der Waals surface area contributed by atoms with Crippen molar-refractivity contribution < 1.29 is 38.2 Å². The summed E-state index contributed by atoms with van der Waals surface area (Å²) in [5.41, 5.74) is -1.98. The number of nitrogens with zero attached hydrogens (tertiary/aromatic N) is 1. The molecule has 162 valence electrons. The minimum atomic E-state index is -1.13. The van der Waals surface area contributed by atoms with E-state index in [4.69, 9.17) is 33.5 Å². The number of rotatable bonds is 6. The van der Waals surface area contributed by atoms with Gasteiger partial charge in [0, 0.05) is 5.56 Å². The molecule has 0 unspecified atom stereocenters. The van der Waals surface area contributed by atoms with E-state index in [0.29, 0.717) is 0 Å². The van der Waals surface area contributed by atoms with Crippen LogP contribution in [0.15, 0.2) is 12.1 Å². The Hall–Kier alpha value is -5.14. The van der Waals surface area contributed by atoms with Gasteiger partial charge in [-0.05, 0) is 12.1 Å². The lowest BCUT2D eigenvalue weighted by Gasteiger charge is -2.17. The molecule has 0 fully saturated rings. The zero-order chi connectivity index (χ0) is 24.1. The molecule has 0 amide bonds. The maximum Gasteiger partial charge on any atom is 0.357 e. The molecule has 0 bridgehead atoms. The van der Waals surface area contributed by atoms with Crippen LogP contribution in [-0.4, -0.2) is 59.3 Å². The number of H-pyrrole nitrogens is 1. The Kier molecular flexibility index (Phi) is 6.38. The summed E-state index contributed by atoms with van der Waals surface area (Å²) in [6, 6.07) is 2.09. The lowest BCUT2D eigenvalue weighted by atomic mass is 9.88. The number of ketones is 2. The first-order valence-corrected chi connectivity index (χ1v) is 9.03. The van der Waals surface area contributed by atoms with Crippen molar-refractivity contribution in [2.45, 2.75) is 0 Å². The largest absolute Gasteiger partial charge is 0.449 e. The SMILES string of the molecule is C#CCOC(=O)c1cc(C(=O)OCC#C)c2c(n1)C(=O)C(=O)c1cc(C(=O)OCC#C)[nH]c1-2. The number of esters is 3. The van der Waals surface area contributed by atoms with Gasteiger partial charge in [0.05, 0.1) is 16.8 Å². The molecule has 1 aliphatic carbocycles. The highest BCUT2D eigenvalue weighted by molar-refractivity contribution is 6.52. The van der Waals surface area contributed by atoms with Crippen LogP contribution >= 0.6 is 0 Å². The molecule has 1 aliphatic rings. The molecule has 0 atom stereocenters.